The molecule has 0 atom stereocenters. The number of benzene rings is 2. The molecule has 1 aliphatic heterocycles. The fourth-order valence-electron chi connectivity index (χ4n) is 3.23. The first kappa shape index (κ1) is 19.1. The van der Waals surface area contributed by atoms with Crippen LogP contribution in [0.3, 0.4) is 0 Å². The number of carbonyl (C=O) groups excluding carboxylic acids is 1. The van der Waals surface area contributed by atoms with Crippen LogP contribution in [0.2, 0.25) is 5.02 Å². The van der Waals surface area contributed by atoms with Gasteiger partial charge in [-0.1, -0.05) is 53.6 Å². The topological polar surface area (TPSA) is 54.5 Å². The van der Waals surface area contributed by atoms with Crippen molar-refractivity contribution < 1.29 is 13.2 Å². The van der Waals surface area contributed by atoms with Crippen molar-refractivity contribution >= 4 is 27.4 Å². The highest BCUT2D eigenvalue weighted by atomic mass is 35.5. The Bertz CT molecular complexity index is 868. The van der Waals surface area contributed by atoms with E-state index in [4.69, 9.17) is 11.6 Å². The summed E-state index contributed by atoms with van der Waals surface area (Å²) in [5.41, 5.74) is 2.54. The molecule has 0 N–H and O–H groups in total. The summed E-state index contributed by atoms with van der Waals surface area (Å²) in [4.78, 5) is 12.6. The largest absolute Gasteiger partial charge is 0.294 e. The number of piperidine rings is 1. The summed E-state index contributed by atoms with van der Waals surface area (Å²) in [6.45, 7) is 2.76. The van der Waals surface area contributed by atoms with Crippen LogP contribution in [0, 0.1) is 12.8 Å². The van der Waals surface area contributed by atoms with Gasteiger partial charge in [0.1, 0.15) is 0 Å². The molecule has 4 nitrogen and oxygen atoms in total. The fraction of sp³-hybridized carbons (Fsp3) is 0.350. The van der Waals surface area contributed by atoms with Crippen LogP contribution in [0.4, 0.5) is 0 Å². The lowest BCUT2D eigenvalue weighted by Crippen LogP contribution is -2.40. The molecule has 1 heterocycles. The van der Waals surface area contributed by atoms with Crippen molar-refractivity contribution in [2.24, 2.45) is 5.92 Å². The highest BCUT2D eigenvalue weighted by Crippen LogP contribution is 2.25. The van der Waals surface area contributed by atoms with Crippen molar-refractivity contribution in [3.05, 3.63) is 70.2 Å². The normalized spacial score (nSPS) is 16.5. The van der Waals surface area contributed by atoms with Crippen molar-refractivity contribution in [2.75, 3.05) is 13.1 Å². The predicted octanol–water partition coefficient (Wildman–Crippen LogP) is 4.07. The third-order valence-electron chi connectivity index (χ3n) is 4.82. The van der Waals surface area contributed by atoms with E-state index in [2.05, 4.69) is 0 Å². The number of sulfonamides is 1. The number of rotatable bonds is 5. The van der Waals surface area contributed by atoms with Gasteiger partial charge in [-0.15, -0.1) is 0 Å². The van der Waals surface area contributed by atoms with E-state index in [0.29, 0.717) is 42.1 Å². The molecule has 0 amide bonds. The van der Waals surface area contributed by atoms with Crippen molar-refractivity contribution in [3.63, 3.8) is 0 Å². The predicted molar refractivity (Wildman–Crippen MR) is 104 cm³/mol. The zero-order valence-electron chi connectivity index (χ0n) is 14.7. The third kappa shape index (κ3) is 4.53. The molecule has 1 fully saturated rings. The molecule has 6 heteroatoms. The van der Waals surface area contributed by atoms with E-state index in [-0.39, 0.29) is 17.5 Å². The molecule has 0 aliphatic carbocycles. The summed E-state index contributed by atoms with van der Waals surface area (Å²) < 4.78 is 26.8. The van der Waals surface area contributed by atoms with E-state index in [1.165, 1.54) is 4.31 Å². The minimum atomic E-state index is -3.39. The number of halogens is 1. The summed E-state index contributed by atoms with van der Waals surface area (Å²) >= 11 is 5.84. The number of hydrogen-bond donors (Lipinski definition) is 0. The molecule has 26 heavy (non-hydrogen) atoms. The second-order valence-corrected chi connectivity index (χ2v) is 9.19. The van der Waals surface area contributed by atoms with E-state index >= 15 is 0 Å². The van der Waals surface area contributed by atoms with Crippen LogP contribution >= 0.6 is 11.6 Å². The van der Waals surface area contributed by atoms with Crippen LogP contribution in [0.1, 0.15) is 34.3 Å². The summed E-state index contributed by atoms with van der Waals surface area (Å²) in [6, 6.07) is 14.4. The van der Waals surface area contributed by atoms with Gasteiger partial charge < -0.3 is 0 Å². The van der Waals surface area contributed by atoms with Crippen molar-refractivity contribution in [1.29, 1.82) is 0 Å². The fourth-order valence-corrected chi connectivity index (χ4v) is 4.92. The van der Waals surface area contributed by atoms with Gasteiger partial charge in [0.15, 0.2) is 5.78 Å². The average Bonchev–Trinajstić information content (AvgIpc) is 2.64. The minimum Gasteiger partial charge on any atom is -0.294 e. The maximum Gasteiger partial charge on any atom is 0.218 e. The number of ketones is 1. The van der Waals surface area contributed by atoms with Crippen LogP contribution in [0.5, 0.6) is 0 Å². The molecule has 3 rings (SSSR count). The smallest absolute Gasteiger partial charge is 0.218 e. The van der Waals surface area contributed by atoms with E-state index in [0.717, 1.165) is 5.56 Å². The van der Waals surface area contributed by atoms with Gasteiger partial charge in [-0.2, -0.15) is 0 Å². The van der Waals surface area contributed by atoms with E-state index < -0.39 is 10.0 Å². The molecule has 1 saturated heterocycles. The molecule has 0 aromatic heterocycles. The van der Waals surface area contributed by atoms with Gasteiger partial charge in [-0.25, -0.2) is 12.7 Å². The highest BCUT2D eigenvalue weighted by Gasteiger charge is 2.31. The summed E-state index contributed by atoms with van der Waals surface area (Å²) in [5, 5.41) is 0.585. The van der Waals surface area contributed by atoms with Crippen molar-refractivity contribution in [2.45, 2.75) is 25.5 Å². The highest BCUT2D eigenvalue weighted by molar-refractivity contribution is 7.88. The Morgan fingerprint density at radius 1 is 1.04 bits per heavy atom. The zero-order valence-corrected chi connectivity index (χ0v) is 16.3. The Hall–Kier alpha value is -1.69. The summed E-state index contributed by atoms with van der Waals surface area (Å²) in [5.74, 6) is -0.0414. The van der Waals surface area contributed by atoms with Crippen LogP contribution in [-0.4, -0.2) is 31.6 Å². The molecule has 138 valence electrons. The Morgan fingerprint density at radius 3 is 2.19 bits per heavy atom. The van der Waals surface area contributed by atoms with Crippen molar-refractivity contribution in [3.8, 4) is 0 Å². The molecule has 0 saturated carbocycles. The van der Waals surface area contributed by atoms with Crippen LogP contribution in [-0.2, 0) is 15.8 Å². The maximum absolute atomic E-state index is 12.6. The number of carbonyl (C=O) groups is 1. The van der Waals surface area contributed by atoms with Gasteiger partial charge >= 0.3 is 0 Å². The first-order valence-electron chi connectivity index (χ1n) is 8.68. The van der Waals surface area contributed by atoms with E-state index in [1.807, 2.05) is 31.2 Å². The standard InChI is InChI=1S/C20H22ClNO3S/c1-15-2-6-17(7-3-15)20(23)18-10-12-22(13-11-18)26(24,25)14-16-4-8-19(21)9-5-16/h2-9,18H,10-14H2,1H3. The molecule has 2 aromatic carbocycles. The second-order valence-electron chi connectivity index (χ2n) is 6.79. The number of Topliss-reactive ketones (excluding diaryl/α,β-unsaturated/α-hetero) is 1. The lowest BCUT2D eigenvalue weighted by Gasteiger charge is -2.30. The molecule has 2 aromatic rings. The number of aryl methyl sites for hydroxylation is 1. The van der Waals surface area contributed by atoms with E-state index in [1.54, 1.807) is 24.3 Å². The van der Waals surface area contributed by atoms with Gasteiger partial charge in [0.05, 0.1) is 5.75 Å². The van der Waals surface area contributed by atoms with Gasteiger partial charge in [-0.3, -0.25) is 4.79 Å². The summed E-state index contributed by atoms with van der Waals surface area (Å²) in [6.07, 6.45) is 1.12. The number of hydrogen-bond acceptors (Lipinski definition) is 3. The first-order chi connectivity index (χ1) is 12.3. The van der Waals surface area contributed by atoms with Gasteiger partial charge in [0.25, 0.3) is 0 Å². The van der Waals surface area contributed by atoms with Gasteiger partial charge in [-0.05, 0) is 37.5 Å². The lowest BCUT2D eigenvalue weighted by atomic mass is 9.89. The van der Waals surface area contributed by atoms with E-state index in [9.17, 15) is 13.2 Å². The maximum atomic E-state index is 12.6. The molecular formula is C20H22ClNO3S. The molecule has 0 unspecified atom stereocenters. The Kier molecular flexibility index (Phi) is 5.80. The average molecular weight is 392 g/mol. The molecular weight excluding hydrogens is 370 g/mol. The second kappa shape index (κ2) is 7.91. The van der Waals surface area contributed by atoms with Gasteiger partial charge in [0.2, 0.25) is 10.0 Å². The molecule has 0 radical (unpaired) electrons. The minimum absolute atomic E-state index is 0.0409. The zero-order chi connectivity index (χ0) is 18.7. The first-order valence-corrected chi connectivity index (χ1v) is 10.7. The summed E-state index contributed by atoms with van der Waals surface area (Å²) in [7, 11) is -3.39. The Morgan fingerprint density at radius 2 is 1.62 bits per heavy atom. The van der Waals surface area contributed by atoms with Crippen molar-refractivity contribution in [1.82, 2.24) is 4.31 Å². The third-order valence-corrected chi connectivity index (χ3v) is 6.92. The van der Waals surface area contributed by atoms with Crippen LogP contribution in [0.15, 0.2) is 48.5 Å². The monoisotopic (exact) mass is 391 g/mol. The quantitative estimate of drug-likeness (QED) is 0.722. The molecule has 1 aliphatic rings. The molecule has 0 bridgehead atoms. The SMILES string of the molecule is Cc1ccc(C(=O)C2CCN(S(=O)(=O)Cc3ccc(Cl)cc3)CC2)cc1. The van der Waals surface area contributed by atoms with Gasteiger partial charge in [0, 0.05) is 29.6 Å². The van der Waals surface area contributed by atoms with Crippen LogP contribution < -0.4 is 0 Å². The Labute approximate surface area is 159 Å². The number of nitrogens with zero attached hydrogens (tertiary/aromatic N) is 1. The van der Waals surface area contributed by atoms with Crippen LogP contribution in [0.25, 0.3) is 0 Å². The molecule has 0 spiro atoms. The lowest BCUT2D eigenvalue weighted by molar-refractivity contribution is 0.0875. The Balaban J connectivity index is 1.61.